The Balaban J connectivity index is 2.48. The Bertz CT molecular complexity index is 417. The van der Waals surface area contributed by atoms with E-state index in [9.17, 15) is 0 Å². The molecule has 3 nitrogen and oxygen atoms in total. The number of hydrogen-bond acceptors (Lipinski definition) is 2. The Morgan fingerprint density at radius 3 is 2.57 bits per heavy atom. The second-order valence-corrected chi connectivity index (χ2v) is 3.05. The molecule has 2 aromatic rings. The van der Waals surface area contributed by atoms with E-state index in [0.717, 1.165) is 11.3 Å². The summed E-state index contributed by atoms with van der Waals surface area (Å²) in [6, 6.07) is 9.82. The van der Waals surface area contributed by atoms with E-state index < -0.39 is 0 Å². The van der Waals surface area contributed by atoms with Crippen molar-refractivity contribution in [2.24, 2.45) is 0 Å². The van der Waals surface area contributed by atoms with Gasteiger partial charge in [-0.1, -0.05) is 18.2 Å². The molecule has 0 aliphatic carbocycles. The van der Waals surface area contributed by atoms with Crippen molar-refractivity contribution in [1.82, 2.24) is 9.78 Å². The molecule has 14 heavy (non-hydrogen) atoms. The van der Waals surface area contributed by atoms with Crippen LogP contribution >= 0.6 is 0 Å². The summed E-state index contributed by atoms with van der Waals surface area (Å²) in [4.78, 5) is 0. The highest BCUT2D eigenvalue weighted by molar-refractivity contribution is 5.46. The molecule has 0 unspecified atom stereocenters. The molecule has 0 atom stereocenters. The first-order valence-electron chi connectivity index (χ1n) is 4.50. The van der Waals surface area contributed by atoms with Crippen LogP contribution in [0.25, 0.3) is 5.69 Å². The van der Waals surface area contributed by atoms with Crippen molar-refractivity contribution in [3.8, 4) is 5.69 Å². The molecule has 0 fully saturated rings. The second-order valence-electron chi connectivity index (χ2n) is 3.05. The normalized spacial score (nSPS) is 10.4. The Morgan fingerprint density at radius 2 is 2.00 bits per heavy atom. The molecule has 71 valence electrons. The topological polar surface area (TPSA) is 43.8 Å². The Labute approximate surface area is 83.2 Å². The van der Waals surface area contributed by atoms with Crippen molar-refractivity contribution in [3.05, 3.63) is 49.0 Å². The van der Waals surface area contributed by atoms with Crippen molar-refractivity contribution in [2.45, 2.75) is 6.42 Å². The molecule has 0 bridgehead atoms. The number of aromatic nitrogens is 2. The van der Waals surface area contributed by atoms with Gasteiger partial charge in [-0.2, -0.15) is 5.10 Å². The summed E-state index contributed by atoms with van der Waals surface area (Å²) >= 11 is 0. The SMILES string of the molecule is [CH2]Cc1cnn(-c2ccccc2)c1N. The zero-order valence-electron chi connectivity index (χ0n) is 7.85. The number of rotatable bonds is 2. The van der Waals surface area contributed by atoms with E-state index in [1.54, 1.807) is 10.9 Å². The molecular weight excluding hydrogens is 174 g/mol. The van der Waals surface area contributed by atoms with Crippen LogP contribution in [-0.2, 0) is 6.42 Å². The molecule has 1 radical (unpaired) electrons. The van der Waals surface area contributed by atoms with Gasteiger partial charge in [-0.15, -0.1) is 0 Å². The first-order valence-corrected chi connectivity index (χ1v) is 4.50. The van der Waals surface area contributed by atoms with E-state index in [1.165, 1.54) is 0 Å². The van der Waals surface area contributed by atoms with Crippen LogP contribution in [0.3, 0.4) is 0 Å². The Morgan fingerprint density at radius 1 is 1.29 bits per heavy atom. The van der Waals surface area contributed by atoms with E-state index in [2.05, 4.69) is 12.0 Å². The molecule has 0 saturated heterocycles. The molecule has 1 aromatic carbocycles. The summed E-state index contributed by atoms with van der Waals surface area (Å²) in [5, 5.41) is 4.21. The van der Waals surface area contributed by atoms with Gasteiger partial charge >= 0.3 is 0 Å². The van der Waals surface area contributed by atoms with Gasteiger partial charge in [0, 0.05) is 5.56 Å². The van der Waals surface area contributed by atoms with E-state index in [1.807, 2.05) is 30.3 Å². The lowest BCUT2D eigenvalue weighted by molar-refractivity contribution is 0.891. The monoisotopic (exact) mass is 186 g/mol. The highest BCUT2D eigenvalue weighted by Gasteiger charge is 2.05. The largest absolute Gasteiger partial charge is 0.383 e. The standard InChI is InChI=1S/C11H12N3/c1-2-9-8-13-14(11(9)12)10-6-4-3-5-7-10/h3-8H,1-2,12H2. The first-order chi connectivity index (χ1) is 6.83. The van der Waals surface area contributed by atoms with Gasteiger partial charge < -0.3 is 5.73 Å². The lowest BCUT2D eigenvalue weighted by atomic mass is 10.2. The first kappa shape index (κ1) is 8.81. The second kappa shape index (κ2) is 3.54. The van der Waals surface area contributed by atoms with Crippen LogP contribution in [0.15, 0.2) is 36.5 Å². The molecule has 2 N–H and O–H groups in total. The highest BCUT2D eigenvalue weighted by atomic mass is 15.3. The van der Waals surface area contributed by atoms with Crippen LogP contribution in [0.4, 0.5) is 5.82 Å². The molecule has 0 aliphatic rings. The summed E-state index contributed by atoms with van der Waals surface area (Å²) < 4.78 is 1.72. The third kappa shape index (κ3) is 1.37. The van der Waals surface area contributed by atoms with Crippen LogP contribution in [0.1, 0.15) is 5.56 Å². The minimum absolute atomic E-state index is 0.665. The quantitative estimate of drug-likeness (QED) is 0.777. The van der Waals surface area contributed by atoms with E-state index in [4.69, 9.17) is 5.73 Å². The molecule has 3 heteroatoms. The lowest BCUT2D eigenvalue weighted by Crippen LogP contribution is -2.02. The van der Waals surface area contributed by atoms with Gasteiger partial charge in [0.25, 0.3) is 0 Å². The molecule has 0 amide bonds. The maximum Gasteiger partial charge on any atom is 0.130 e. The molecule has 1 heterocycles. The maximum atomic E-state index is 5.91. The van der Waals surface area contributed by atoms with Crippen molar-refractivity contribution in [2.75, 3.05) is 5.73 Å². The summed E-state index contributed by atoms with van der Waals surface area (Å²) in [5.41, 5.74) is 7.86. The summed E-state index contributed by atoms with van der Waals surface area (Å²) in [6.45, 7) is 3.79. The fourth-order valence-electron chi connectivity index (χ4n) is 1.36. The fourth-order valence-corrected chi connectivity index (χ4v) is 1.36. The van der Waals surface area contributed by atoms with Crippen molar-refractivity contribution in [3.63, 3.8) is 0 Å². The van der Waals surface area contributed by atoms with Gasteiger partial charge in [0.2, 0.25) is 0 Å². The van der Waals surface area contributed by atoms with Crippen molar-refractivity contribution in [1.29, 1.82) is 0 Å². The number of para-hydroxylation sites is 1. The minimum atomic E-state index is 0.665. The van der Waals surface area contributed by atoms with Gasteiger partial charge in [-0.05, 0) is 25.5 Å². The Hall–Kier alpha value is -1.77. The summed E-state index contributed by atoms with van der Waals surface area (Å²) in [5.74, 6) is 0.672. The number of nitrogen functional groups attached to an aromatic ring is 1. The van der Waals surface area contributed by atoms with Gasteiger partial charge in [-0.3, -0.25) is 0 Å². The predicted molar refractivity (Wildman–Crippen MR) is 57.0 cm³/mol. The third-order valence-electron chi connectivity index (χ3n) is 2.16. The minimum Gasteiger partial charge on any atom is -0.383 e. The van der Waals surface area contributed by atoms with Crippen molar-refractivity contribution >= 4 is 5.82 Å². The van der Waals surface area contributed by atoms with Crippen LogP contribution in [0.5, 0.6) is 0 Å². The number of nitrogens with two attached hydrogens (primary N) is 1. The number of hydrogen-bond donors (Lipinski definition) is 1. The van der Waals surface area contributed by atoms with Gasteiger partial charge in [0.05, 0.1) is 11.9 Å². The average molecular weight is 186 g/mol. The number of benzene rings is 1. The Kier molecular flexibility index (Phi) is 2.23. The molecule has 0 aliphatic heterocycles. The summed E-state index contributed by atoms with van der Waals surface area (Å²) in [6.07, 6.45) is 2.42. The maximum absolute atomic E-state index is 5.91. The van der Waals surface area contributed by atoms with Gasteiger partial charge in [-0.25, -0.2) is 4.68 Å². The smallest absolute Gasteiger partial charge is 0.130 e. The predicted octanol–water partition coefficient (Wildman–Crippen LogP) is 1.83. The number of nitrogens with zero attached hydrogens (tertiary/aromatic N) is 2. The van der Waals surface area contributed by atoms with Crippen LogP contribution < -0.4 is 5.73 Å². The van der Waals surface area contributed by atoms with Crippen LogP contribution in [0.2, 0.25) is 0 Å². The fraction of sp³-hybridized carbons (Fsp3) is 0.0909. The third-order valence-corrected chi connectivity index (χ3v) is 2.16. The lowest BCUT2D eigenvalue weighted by Gasteiger charge is -2.03. The van der Waals surface area contributed by atoms with E-state index in [-0.39, 0.29) is 0 Å². The highest BCUT2D eigenvalue weighted by Crippen LogP contribution is 2.16. The molecule has 1 aromatic heterocycles. The number of anilines is 1. The van der Waals surface area contributed by atoms with Gasteiger partial charge in [0.15, 0.2) is 0 Å². The zero-order chi connectivity index (χ0) is 9.97. The van der Waals surface area contributed by atoms with Crippen molar-refractivity contribution < 1.29 is 0 Å². The molecular formula is C11H12N3. The van der Waals surface area contributed by atoms with E-state index >= 15 is 0 Å². The zero-order valence-corrected chi connectivity index (χ0v) is 7.85. The summed E-state index contributed by atoms with van der Waals surface area (Å²) in [7, 11) is 0. The van der Waals surface area contributed by atoms with Crippen LogP contribution in [-0.4, -0.2) is 9.78 Å². The molecule has 0 saturated carbocycles. The molecule has 0 spiro atoms. The average Bonchev–Trinajstić information content (AvgIpc) is 2.61. The molecule has 2 rings (SSSR count). The van der Waals surface area contributed by atoms with E-state index in [0.29, 0.717) is 12.2 Å². The van der Waals surface area contributed by atoms with Crippen LogP contribution in [0, 0.1) is 6.92 Å². The van der Waals surface area contributed by atoms with Gasteiger partial charge in [0.1, 0.15) is 5.82 Å².